The maximum absolute atomic E-state index is 10.3. The second kappa shape index (κ2) is 10.2. The minimum absolute atomic E-state index is 0.212. The zero-order valence-corrected chi connectivity index (χ0v) is 18.4. The summed E-state index contributed by atoms with van der Waals surface area (Å²) < 4.78 is 1.98. The average molecular weight is 399 g/mol. The van der Waals surface area contributed by atoms with Gasteiger partial charge in [-0.2, -0.15) is 9.97 Å². The smallest absolute Gasteiger partial charge is 0.226 e. The second-order valence-electron chi connectivity index (χ2n) is 7.70. The molecule has 0 amide bonds. The number of hydrogen-bond acceptors (Lipinski definition) is 6. The van der Waals surface area contributed by atoms with E-state index in [1.54, 1.807) is 6.33 Å². The minimum Gasteiger partial charge on any atom is -0.391 e. The van der Waals surface area contributed by atoms with Crippen LogP contribution < -0.4 is 10.6 Å². The number of aliphatic hydroxyl groups excluding tert-OH is 1. The van der Waals surface area contributed by atoms with Crippen molar-refractivity contribution in [1.82, 2.24) is 19.5 Å². The lowest BCUT2D eigenvalue weighted by molar-refractivity contribution is 0.0744. The molecule has 0 aliphatic rings. The van der Waals surface area contributed by atoms with Gasteiger partial charge in [-0.25, -0.2) is 4.98 Å². The predicted octanol–water partition coefficient (Wildman–Crippen LogP) is 4.30. The number of aromatic nitrogens is 4. The molecule has 1 unspecified atom stereocenters. The molecule has 29 heavy (non-hydrogen) atoms. The number of nitrogens with one attached hydrogen (secondary N) is 2. The zero-order chi connectivity index (χ0) is 21.4. The number of benzene rings is 1. The fourth-order valence-corrected chi connectivity index (χ4v) is 2.65. The molecule has 0 saturated heterocycles. The molecule has 7 heteroatoms. The first-order chi connectivity index (χ1) is 13.9. The standard InChI is InChI=1S/C20H28N6O.C2H6/c1-5-26-13-23-16-17(21-11-14-9-7-6-8-10-14)24-19(25-18(16)26)22-12-15(27)20(2,3)4;1-2/h6-10,13,15,27H,5,11-12H2,1-4H3,(H2,21,22,24,25);1-2H3. The van der Waals surface area contributed by atoms with Gasteiger partial charge in [-0.1, -0.05) is 65.0 Å². The summed E-state index contributed by atoms with van der Waals surface area (Å²) in [7, 11) is 0. The zero-order valence-electron chi connectivity index (χ0n) is 18.4. The molecule has 158 valence electrons. The fraction of sp³-hybridized carbons (Fsp3) is 0.500. The van der Waals surface area contributed by atoms with E-state index in [-0.39, 0.29) is 5.41 Å². The Hall–Kier alpha value is -2.67. The number of aliphatic hydroxyl groups is 1. The van der Waals surface area contributed by atoms with E-state index >= 15 is 0 Å². The minimum atomic E-state index is -0.506. The van der Waals surface area contributed by atoms with Crippen molar-refractivity contribution in [3.05, 3.63) is 42.2 Å². The molecule has 0 aliphatic carbocycles. The highest BCUT2D eigenvalue weighted by Crippen LogP contribution is 2.23. The maximum Gasteiger partial charge on any atom is 0.226 e. The number of imidazole rings is 1. The summed E-state index contributed by atoms with van der Waals surface area (Å²) in [6, 6.07) is 10.2. The molecule has 3 aromatic rings. The van der Waals surface area contributed by atoms with Crippen molar-refractivity contribution >= 4 is 22.9 Å². The van der Waals surface area contributed by atoms with E-state index in [0.717, 1.165) is 23.3 Å². The molecular weight excluding hydrogens is 364 g/mol. The third kappa shape index (κ3) is 5.90. The molecule has 2 aromatic heterocycles. The Kier molecular flexibility index (Phi) is 7.96. The van der Waals surface area contributed by atoms with Crippen LogP contribution in [0.15, 0.2) is 36.7 Å². The summed E-state index contributed by atoms with van der Waals surface area (Å²) in [4.78, 5) is 13.7. The summed E-state index contributed by atoms with van der Waals surface area (Å²) in [5, 5.41) is 16.8. The van der Waals surface area contributed by atoms with Gasteiger partial charge >= 0.3 is 0 Å². The Labute approximate surface area is 173 Å². The van der Waals surface area contributed by atoms with Crippen LogP contribution in [-0.2, 0) is 13.1 Å². The number of hydrogen-bond donors (Lipinski definition) is 3. The molecule has 0 saturated carbocycles. The summed E-state index contributed by atoms with van der Waals surface area (Å²) >= 11 is 0. The van der Waals surface area contributed by atoms with Crippen molar-refractivity contribution in [2.75, 3.05) is 17.2 Å². The molecule has 0 aliphatic heterocycles. The number of fused-ring (bicyclic) bond motifs is 1. The molecule has 0 spiro atoms. The maximum atomic E-state index is 10.3. The number of nitrogens with zero attached hydrogens (tertiary/aromatic N) is 4. The molecule has 0 radical (unpaired) electrons. The van der Waals surface area contributed by atoms with Crippen molar-refractivity contribution in [1.29, 1.82) is 0 Å². The molecular formula is C22H34N6O. The van der Waals surface area contributed by atoms with Gasteiger partial charge in [0.2, 0.25) is 5.95 Å². The van der Waals surface area contributed by atoms with Crippen LogP contribution in [-0.4, -0.2) is 37.3 Å². The largest absolute Gasteiger partial charge is 0.391 e. The molecule has 1 aromatic carbocycles. The average Bonchev–Trinajstić information content (AvgIpc) is 3.15. The van der Waals surface area contributed by atoms with E-state index in [1.807, 2.05) is 57.4 Å². The van der Waals surface area contributed by atoms with E-state index in [4.69, 9.17) is 0 Å². The first-order valence-corrected chi connectivity index (χ1v) is 10.3. The fourth-order valence-electron chi connectivity index (χ4n) is 2.65. The van der Waals surface area contributed by atoms with Gasteiger partial charge in [-0.05, 0) is 17.9 Å². The van der Waals surface area contributed by atoms with Crippen molar-refractivity contribution in [3.8, 4) is 0 Å². The first-order valence-electron chi connectivity index (χ1n) is 10.3. The van der Waals surface area contributed by atoms with Gasteiger partial charge in [-0.3, -0.25) is 0 Å². The van der Waals surface area contributed by atoms with Gasteiger partial charge in [0.05, 0.1) is 12.4 Å². The highest BCUT2D eigenvalue weighted by atomic mass is 16.3. The quantitative estimate of drug-likeness (QED) is 0.550. The molecule has 0 fully saturated rings. The Bertz CT molecular complexity index is 885. The topological polar surface area (TPSA) is 87.9 Å². The van der Waals surface area contributed by atoms with E-state index in [9.17, 15) is 5.11 Å². The molecule has 7 nitrogen and oxygen atoms in total. The third-order valence-electron chi connectivity index (χ3n) is 4.56. The number of rotatable bonds is 7. The van der Waals surface area contributed by atoms with E-state index in [1.165, 1.54) is 0 Å². The van der Waals surface area contributed by atoms with Crippen LogP contribution in [0.5, 0.6) is 0 Å². The summed E-state index contributed by atoms with van der Waals surface area (Å²) in [5.41, 5.74) is 2.47. The predicted molar refractivity (Wildman–Crippen MR) is 120 cm³/mol. The highest BCUT2D eigenvalue weighted by molar-refractivity contribution is 5.84. The normalized spacial score (nSPS) is 12.2. The van der Waals surface area contributed by atoms with E-state index in [0.29, 0.717) is 24.9 Å². The van der Waals surface area contributed by atoms with Crippen LogP contribution in [0.2, 0.25) is 0 Å². The van der Waals surface area contributed by atoms with Gasteiger partial charge in [0.25, 0.3) is 0 Å². The van der Waals surface area contributed by atoms with Gasteiger partial charge in [-0.15, -0.1) is 0 Å². The lowest BCUT2D eigenvalue weighted by Gasteiger charge is -2.25. The summed E-state index contributed by atoms with van der Waals surface area (Å²) in [6.07, 6.45) is 1.27. The third-order valence-corrected chi connectivity index (χ3v) is 4.56. The van der Waals surface area contributed by atoms with Crippen LogP contribution in [0.25, 0.3) is 11.2 Å². The van der Waals surface area contributed by atoms with Crippen molar-refractivity contribution in [2.24, 2.45) is 5.41 Å². The molecule has 3 N–H and O–H groups in total. The Morgan fingerprint density at radius 3 is 2.38 bits per heavy atom. The Morgan fingerprint density at radius 1 is 1.07 bits per heavy atom. The van der Waals surface area contributed by atoms with E-state index in [2.05, 4.69) is 44.6 Å². The van der Waals surface area contributed by atoms with Gasteiger partial charge in [0, 0.05) is 19.6 Å². The van der Waals surface area contributed by atoms with Crippen molar-refractivity contribution in [2.45, 2.75) is 60.7 Å². The monoisotopic (exact) mass is 398 g/mol. The van der Waals surface area contributed by atoms with E-state index < -0.39 is 6.10 Å². The summed E-state index contributed by atoms with van der Waals surface area (Å²) in [5.74, 6) is 1.17. The van der Waals surface area contributed by atoms with Crippen LogP contribution in [0, 0.1) is 5.41 Å². The first kappa shape index (κ1) is 22.6. The highest BCUT2D eigenvalue weighted by Gasteiger charge is 2.22. The lowest BCUT2D eigenvalue weighted by Crippen LogP contribution is -2.33. The van der Waals surface area contributed by atoms with Gasteiger partial charge < -0.3 is 20.3 Å². The summed E-state index contributed by atoms with van der Waals surface area (Å²) in [6.45, 7) is 13.9. The number of anilines is 2. The second-order valence-corrected chi connectivity index (χ2v) is 7.70. The van der Waals surface area contributed by atoms with Crippen LogP contribution in [0.3, 0.4) is 0 Å². The molecule has 0 bridgehead atoms. The van der Waals surface area contributed by atoms with Crippen molar-refractivity contribution < 1.29 is 5.11 Å². The number of aryl methyl sites for hydroxylation is 1. The molecule has 2 heterocycles. The molecule has 1 atom stereocenters. The molecule has 3 rings (SSSR count). The van der Waals surface area contributed by atoms with Crippen LogP contribution in [0.1, 0.15) is 47.1 Å². The van der Waals surface area contributed by atoms with Gasteiger partial charge in [0.1, 0.15) is 0 Å². The SMILES string of the molecule is CC.CCn1cnc2c(NCc3ccccc3)nc(NCC(O)C(C)(C)C)nc21. The van der Waals surface area contributed by atoms with Gasteiger partial charge in [0.15, 0.2) is 17.0 Å². The van der Waals surface area contributed by atoms with Crippen LogP contribution in [0.4, 0.5) is 11.8 Å². The van der Waals surface area contributed by atoms with Crippen molar-refractivity contribution in [3.63, 3.8) is 0 Å². The Morgan fingerprint density at radius 2 is 1.76 bits per heavy atom. The Balaban J connectivity index is 0.00000145. The lowest BCUT2D eigenvalue weighted by atomic mass is 9.89. The van der Waals surface area contributed by atoms with Crippen LogP contribution >= 0.6 is 0 Å².